The summed E-state index contributed by atoms with van der Waals surface area (Å²) in [5.41, 5.74) is 3.25. The molecule has 0 saturated carbocycles. The number of nitrogens with zero attached hydrogens (tertiary/aromatic N) is 3. The molecule has 2 aliphatic rings. The maximum Gasteiger partial charge on any atom is 0.243 e. The molecule has 1 atom stereocenters. The fourth-order valence-electron chi connectivity index (χ4n) is 3.78. The van der Waals surface area contributed by atoms with Crippen molar-refractivity contribution in [2.45, 2.75) is 29.7 Å². The summed E-state index contributed by atoms with van der Waals surface area (Å²) < 4.78 is 0. The third-order valence-corrected chi connectivity index (χ3v) is 6.47. The Morgan fingerprint density at radius 2 is 1.38 bits per heavy atom. The first-order chi connectivity index (χ1) is 14.3. The third kappa shape index (κ3) is 3.66. The Morgan fingerprint density at radius 1 is 0.793 bits per heavy atom. The first kappa shape index (κ1) is 18.0. The summed E-state index contributed by atoms with van der Waals surface area (Å²) in [6.45, 7) is 1.17. The SMILES string of the molecule is O=C1CC2Sc3ccccc3N=C2N(Cc2ccccc2)N1Cc1ccccc1. The van der Waals surface area contributed by atoms with Crippen molar-refractivity contribution in [3.05, 3.63) is 96.1 Å². The molecule has 1 saturated heterocycles. The monoisotopic (exact) mass is 399 g/mol. The van der Waals surface area contributed by atoms with Crippen LogP contribution in [0.15, 0.2) is 94.8 Å². The van der Waals surface area contributed by atoms with Crippen LogP contribution in [0.25, 0.3) is 0 Å². The van der Waals surface area contributed by atoms with Crippen LogP contribution in [0.1, 0.15) is 17.5 Å². The number of thioether (sulfide) groups is 1. The quantitative estimate of drug-likeness (QED) is 0.617. The van der Waals surface area contributed by atoms with E-state index in [0.29, 0.717) is 19.5 Å². The van der Waals surface area contributed by atoms with E-state index >= 15 is 0 Å². The van der Waals surface area contributed by atoms with E-state index in [-0.39, 0.29) is 11.2 Å². The van der Waals surface area contributed by atoms with Gasteiger partial charge in [-0.15, -0.1) is 11.8 Å². The van der Waals surface area contributed by atoms with Gasteiger partial charge in [0.25, 0.3) is 0 Å². The van der Waals surface area contributed by atoms with Crippen LogP contribution in [-0.2, 0) is 17.9 Å². The van der Waals surface area contributed by atoms with Gasteiger partial charge in [-0.1, -0.05) is 72.8 Å². The van der Waals surface area contributed by atoms with Gasteiger partial charge in [0.1, 0.15) is 5.84 Å². The number of fused-ring (bicyclic) bond motifs is 2. The van der Waals surface area contributed by atoms with E-state index in [1.165, 1.54) is 0 Å². The van der Waals surface area contributed by atoms with E-state index in [1.54, 1.807) is 11.8 Å². The maximum atomic E-state index is 13.2. The fourth-order valence-corrected chi connectivity index (χ4v) is 4.99. The lowest BCUT2D eigenvalue weighted by molar-refractivity contribution is -0.147. The highest BCUT2D eigenvalue weighted by molar-refractivity contribution is 8.01. The predicted octanol–water partition coefficient (Wildman–Crippen LogP) is 5.04. The molecule has 3 aromatic rings. The molecular formula is C24H21N3OS. The van der Waals surface area contributed by atoms with Crippen LogP contribution >= 0.6 is 11.8 Å². The minimum absolute atomic E-state index is 0.0492. The van der Waals surface area contributed by atoms with Gasteiger partial charge in [-0.3, -0.25) is 9.80 Å². The topological polar surface area (TPSA) is 35.9 Å². The first-order valence-electron chi connectivity index (χ1n) is 9.78. The fraction of sp³-hybridized carbons (Fsp3) is 0.167. The number of carbonyl (C=O) groups excluding carboxylic acids is 1. The van der Waals surface area contributed by atoms with Gasteiger partial charge in [0.05, 0.1) is 24.0 Å². The van der Waals surface area contributed by atoms with Gasteiger partial charge in [0.15, 0.2) is 0 Å². The van der Waals surface area contributed by atoms with Crippen molar-refractivity contribution in [2.75, 3.05) is 0 Å². The average Bonchev–Trinajstić information content (AvgIpc) is 2.76. The molecule has 0 N–H and O–H groups in total. The minimum Gasteiger partial charge on any atom is -0.273 e. The van der Waals surface area contributed by atoms with Crippen molar-refractivity contribution in [1.82, 2.24) is 10.0 Å². The van der Waals surface area contributed by atoms with Gasteiger partial charge in [-0.2, -0.15) is 0 Å². The lowest BCUT2D eigenvalue weighted by Crippen LogP contribution is -2.57. The van der Waals surface area contributed by atoms with Crippen molar-refractivity contribution in [3.63, 3.8) is 0 Å². The van der Waals surface area contributed by atoms with E-state index in [1.807, 2.05) is 59.6 Å². The molecule has 0 radical (unpaired) electrons. The number of benzene rings is 3. The summed E-state index contributed by atoms with van der Waals surface area (Å²) in [6, 6.07) is 28.6. The summed E-state index contributed by atoms with van der Waals surface area (Å²) in [4.78, 5) is 19.3. The molecule has 4 nitrogen and oxygen atoms in total. The van der Waals surface area contributed by atoms with Gasteiger partial charge in [-0.05, 0) is 23.3 Å². The van der Waals surface area contributed by atoms with E-state index in [4.69, 9.17) is 4.99 Å². The van der Waals surface area contributed by atoms with E-state index in [9.17, 15) is 4.79 Å². The van der Waals surface area contributed by atoms with Crippen molar-refractivity contribution >= 4 is 29.2 Å². The summed E-state index contributed by atoms with van der Waals surface area (Å²) in [5, 5.41) is 4.00. The largest absolute Gasteiger partial charge is 0.273 e. The Morgan fingerprint density at radius 3 is 2.07 bits per heavy atom. The number of rotatable bonds is 4. The molecular weight excluding hydrogens is 378 g/mol. The third-order valence-electron chi connectivity index (χ3n) is 5.21. The highest BCUT2D eigenvalue weighted by Gasteiger charge is 2.39. The van der Waals surface area contributed by atoms with Crippen LogP contribution in [0.4, 0.5) is 5.69 Å². The molecule has 5 rings (SSSR count). The van der Waals surface area contributed by atoms with E-state index in [0.717, 1.165) is 27.5 Å². The predicted molar refractivity (Wildman–Crippen MR) is 117 cm³/mol. The Hall–Kier alpha value is -3.05. The smallest absolute Gasteiger partial charge is 0.243 e. The second kappa shape index (κ2) is 7.76. The normalized spacial score (nSPS) is 18.1. The molecule has 2 aliphatic heterocycles. The molecule has 0 spiro atoms. The van der Waals surface area contributed by atoms with E-state index < -0.39 is 0 Å². The van der Waals surface area contributed by atoms with Crippen LogP contribution in [0, 0.1) is 0 Å². The molecule has 0 aliphatic carbocycles. The zero-order valence-electron chi connectivity index (χ0n) is 15.9. The summed E-state index contributed by atoms with van der Waals surface area (Å²) in [7, 11) is 0. The van der Waals surface area contributed by atoms with Crippen LogP contribution < -0.4 is 0 Å². The Bertz CT molecular complexity index is 1050. The molecule has 1 fully saturated rings. The second-order valence-electron chi connectivity index (χ2n) is 7.23. The number of carbonyl (C=O) groups is 1. The van der Waals surface area contributed by atoms with Crippen molar-refractivity contribution < 1.29 is 4.79 Å². The van der Waals surface area contributed by atoms with Crippen LogP contribution in [0.2, 0.25) is 0 Å². The highest BCUT2D eigenvalue weighted by atomic mass is 32.2. The first-order valence-corrected chi connectivity index (χ1v) is 10.7. The zero-order chi connectivity index (χ0) is 19.6. The molecule has 29 heavy (non-hydrogen) atoms. The zero-order valence-corrected chi connectivity index (χ0v) is 16.8. The van der Waals surface area contributed by atoms with Crippen LogP contribution in [-0.4, -0.2) is 27.0 Å². The highest BCUT2D eigenvalue weighted by Crippen LogP contribution is 2.42. The Labute approximate surface area is 174 Å². The number of hydrogen-bond acceptors (Lipinski definition) is 4. The Kier molecular flexibility index (Phi) is 4.82. The van der Waals surface area contributed by atoms with Crippen molar-refractivity contribution in [1.29, 1.82) is 0 Å². The number of hydrazine groups is 1. The molecule has 5 heteroatoms. The number of hydrogen-bond donors (Lipinski definition) is 0. The van der Waals surface area contributed by atoms with Gasteiger partial charge in [-0.25, -0.2) is 10.0 Å². The molecule has 0 aromatic heterocycles. The molecule has 144 valence electrons. The lowest BCUT2D eigenvalue weighted by Gasteiger charge is -2.45. The number of para-hydroxylation sites is 1. The van der Waals surface area contributed by atoms with Gasteiger partial charge in [0, 0.05) is 11.3 Å². The lowest BCUT2D eigenvalue weighted by atomic mass is 10.1. The number of amides is 1. The summed E-state index contributed by atoms with van der Waals surface area (Å²) >= 11 is 1.75. The van der Waals surface area contributed by atoms with Gasteiger partial charge in [0.2, 0.25) is 5.91 Å². The van der Waals surface area contributed by atoms with Crippen LogP contribution in [0.3, 0.4) is 0 Å². The second-order valence-corrected chi connectivity index (χ2v) is 8.47. The molecule has 1 unspecified atom stereocenters. The molecule has 0 bridgehead atoms. The van der Waals surface area contributed by atoms with Gasteiger partial charge < -0.3 is 0 Å². The summed E-state index contributed by atoms with van der Waals surface area (Å²) in [5.74, 6) is 1.11. The standard InChI is InChI=1S/C24H21N3OS/c28-23-15-22-24(25-20-13-7-8-14-21(20)29-22)27(17-19-11-5-2-6-12-19)26(23)16-18-9-3-1-4-10-18/h1-14,22H,15-17H2. The van der Waals surface area contributed by atoms with Gasteiger partial charge >= 0.3 is 0 Å². The molecule has 3 aromatic carbocycles. The number of amidine groups is 1. The van der Waals surface area contributed by atoms with Crippen LogP contribution in [0.5, 0.6) is 0 Å². The van der Waals surface area contributed by atoms with Crippen molar-refractivity contribution in [2.24, 2.45) is 4.99 Å². The Balaban J connectivity index is 1.55. The minimum atomic E-state index is 0.0492. The van der Waals surface area contributed by atoms with Crippen molar-refractivity contribution in [3.8, 4) is 0 Å². The molecule has 1 amide bonds. The van der Waals surface area contributed by atoms with E-state index in [2.05, 4.69) is 35.3 Å². The summed E-state index contributed by atoms with van der Waals surface area (Å²) in [6.07, 6.45) is 0.468. The number of aliphatic imine (C=N–C) groups is 1. The molecule has 2 heterocycles. The maximum absolute atomic E-state index is 13.2. The average molecular weight is 400 g/mol.